The first-order valence-electron chi connectivity index (χ1n) is 13.4. The molecule has 4 aliphatic rings. The number of imidazole rings is 1. The maximum atomic E-state index is 15.5. The lowest BCUT2D eigenvalue weighted by molar-refractivity contribution is -0.0286. The van der Waals surface area contributed by atoms with E-state index in [0.29, 0.717) is 47.2 Å². The molecule has 1 aromatic carbocycles. The number of hydrogen-bond donors (Lipinski definition) is 3. The van der Waals surface area contributed by atoms with Gasteiger partial charge in [0.25, 0.3) is 6.01 Å². The van der Waals surface area contributed by atoms with Crippen molar-refractivity contribution in [3.8, 4) is 17.1 Å². The van der Waals surface area contributed by atoms with Crippen LogP contribution in [-0.4, -0.2) is 80.7 Å². The summed E-state index contributed by atoms with van der Waals surface area (Å²) in [5.74, 6) is 0.148. The SMILES string of the molecule is O[C@@H]1CO[C@H]2[C@@H]1OC[C@H]2Oc1nc2nc(N[C@H]3CCc4cc(-c5cnn(C6COC6)c5)cc(F)c43)c(Cl)cc2[nH]1. The zero-order chi connectivity index (χ0) is 27.0. The van der Waals surface area contributed by atoms with Gasteiger partial charge < -0.3 is 34.4 Å². The second kappa shape index (κ2) is 9.38. The van der Waals surface area contributed by atoms with E-state index in [2.05, 4.69) is 25.4 Å². The highest BCUT2D eigenvalue weighted by Crippen LogP contribution is 2.40. The molecule has 1 aliphatic carbocycles. The van der Waals surface area contributed by atoms with Gasteiger partial charge in [0, 0.05) is 17.3 Å². The number of fused-ring (bicyclic) bond motifs is 3. The van der Waals surface area contributed by atoms with Crippen LogP contribution in [0, 0.1) is 5.82 Å². The Hall–Kier alpha value is -3.29. The third-order valence-corrected chi connectivity index (χ3v) is 8.44. The van der Waals surface area contributed by atoms with Gasteiger partial charge in [-0.05, 0) is 36.1 Å². The van der Waals surface area contributed by atoms with Crippen molar-refractivity contribution in [2.24, 2.45) is 0 Å². The smallest absolute Gasteiger partial charge is 0.296 e. The van der Waals surface area contributed by atoms with E-state index in [0.717, 1.165) is 23.1 Å². The molecule has 11 nitrogen and oxygen atoms in total. The molecule has 0 saturated carbocycles. The number of hydrogen-bond acceptors (Lipinski definition) is 9. The minimum absolute atomic E-state index is 0.217. The molecule has 0 radical (unpaired) electrons. The Morgan fingerprint density at radius 3 is 2.83 bits per heavy atom. The van der Waals surface area contributed by atoms with Gasteiger partial charge in [0.2, 0.25) is 0 Å². The number of aromatic amines is 1. The molecule has 4 aromatic rings. The molecule has 0 unspecified atom stereocenters. The van der Waals surface area contributed by atoms with Crippen LogP contribution in [0.15, 0.2) is 30.6 Å². The molecule has 8 rings (SSSR count). The zero-order valence-corrected chi connectivity index (χ0v) is 22.0. The second-order valence-corrected chi connectivity index (χ2v) is 11.1. The van der Waals surface area contributed by atoms with Crippen molar-refractivity contribution in [1.29, 1.82) is 0 Å². The summed E-state index contributed by atoms with van der Waals surface area (Å²) in [5.41, 5.74) is 4.28. The fraction of sp³-hybridized carbons (Fsp3) is 0.444. The first-order valence-corrected chi connectivity index (χ1v) is 13.7. The maximum absolute atomic E-state index is 15.5. The number of aliphatic hydroxyl groups is 1. The highest BCUT2D eigenvalue weighted by molar-refractivity contribution is 6.33. The van der Waals surface area contributed by atoms with Crippen LogP contribution in [0.2, 0.25) is 5.02 Å². The van der Waals surface area contributed by atoms with Crippen molar-refractivity contribution in [2.45, 2.75) is 49.3 Å². The summed E-state index contributed by atoms with van der Waals surface area (Å²) in [5, 5.41) is 18.1. The van der Waals surface area contributed by atoms with Gasteiger partial charge in [-0.3, -0.25) is 4.68 Å². The predicted octanol–water partition coefficient (Wildman–Crippen LogP) is 3.19. The highest BCUT2D eigenvalue weighted by atomic mass is 35.5. The Morgan fingerprint density at radius 1 is 1.10 bits per heavy atom. The summed E-state index contributed by atoms with van der Waals surface area (Å²) in [6.45, 7) is 1.81. The quantitative estimate of drug-likeness (QED) is 0.321. The average molecular weight is 569 g/mol. The molecule has 13 heteroatoms. The van der Waals surface area contributed by atoms with Crippen molar-refractivity contribution in [3.63, 3.8) is 0 Å². The van der Waals surface area contributed by atoms with Gasteiger partial charge in [-0.25, -0.2) is 9.37 Å². The number of benzene rings is 1. The minimum atomic E-state index is -0.660. The van der Waals surface area contributed by atoms with Gasteiger partial charge in [-0.2, -0.15) is 10.1 Å². The lowest BCUT2D eigenvalue weighted by Gasteiger charge is -2.25. The maximum Gasteiger partial charge on any atom is 0.296 e. The number of pyridine rings is 1. The largest absolute Gasteiger partial charge is 0.456 e. The number of aryl methyl sites for hydroxylation is 1. The summed E-state index contributed by atoms with van der Waals surface area (Å²) < 4.78 is 39.8. The van der Waals surface area contributed by atoms with Gasteiger partial charge >= 0.3 is 0 Å². The molecule has 5 atom stereocenters. The summed E-state index contributed by atoms with van der Waals surface area (Å²) in [6, 6.07) is 5.54. The Bertz CT molecular complexity index is 1610. The van der Waals surface area contributed by atoms with Gasteiger partial charge in [0.15, 0.2) is 11.8 Å². The van der Waals surface area contributed by atoms with Crippen molar-refractivity contribution < 1.29 is 28.4 Å². The molecule has 3 aromatic heterocycles. The van der Waals surface area contributed by atoms with Crippen LogP contribution in [0.5, 0.6) is 6.01 Å². The molecule has 3 N–H and O–H groups in total. The van der Waals surface area contributed by atoms with Gasteiger partial charge in [-0.1, -0.05) is 17.7 Å². The number of H-pyrrole nitrogens is 1. The lowest BCUT2D eigenvalue weighted by Crippen LogP contribution is -2.34. The van der Waals surface area contributed by atoms with E-state index in [1.165, 1.54) is 0 Å². The molecule has 0 bridgehead atoms. The van der Waals surface area contributed by atoms with Gasteiger partial charge in [0.05, 0.1) is 55.2 Å². The van der Waals surface area contributed by atoms with Crippen LogP contribution >= 0.6 is 11.6 Å². The van der Waals surface area contributed by atoms with E-state index in [1.54, 1.807) is 18.3 Å². The highest BCUT2D eigenvalue weighted by Gasteiger charge is 2.48. The summed E-state index contributed by atoms with van der Waals surface area (Å²) in [7, 11) is 0. The minimum Gasteiger partial charge on any atom is -0.456 e. The van der Waals surface area contributed by atoms with E-state index in [4.69, 9.17) is 30.5 Å². The number of halogens is 2. The lowest BCUT2D eigenvalue weighted by atomic mass is 10.0. The number of ether oxygens (including phenoxy) is 4. The fourth-order valence-electron chi connectivity index (χ4n) is 6.00. The van der Waals surface area contributed by atoms with Crippen LogP contribution in [0.1, 0.15) is 29.6 Å². The van der Waals surface area contributed by atoms with E-state index in [1.807, 2.05) is 16.9 Å². The molecule has 0 spiro atoms. The Morgan fingerprint density at radius 2 is 1.98 bits per heavy atom. The zero-order valence-electron chi connectivity index (χ0n) is 21.2. The summed E-state index contributed by atoms with van der Waals surface area (Å²) >= 11 is 6.57. The number of rotatable bonds is 6. The fourth-order valence-corrected chi connectivity index (χ4v) is 6.20. The van der Waals surface area contributed by atoms with E-state index >= 15 is 4.39 Å². The Balaban J connectivity index is 1.01. The third-order valence-electron chi connectivity index (χ3n) is 8.16. The molecule has 3 saturated heterocycles. The number of nitrogens with one attached hydrogen (secondary N) is 2. The molecule has 40 heavy (non-hydrogen) atoms. The third kappa shape index (κ3) is 4.05. The summed E-state index contributed by atoms with van der Waals surface area (Å²) in [6.07, 6.45) is 3.33. The monoisotopic (exact) mass is 568 g/mol. The van der Waals surface area contributed by atoms with E-state index in [9.17, 15) is 5.11 Å². The number of aromatic nitrogens is 5. The first-order chi connectivity index (χ1) is 19.5. The van der Waals surface area contributed by atoms with Crippen LogP contribution in [0.3, 0.4) is 0 Å². The molecular weight excluding hydrogens is 543 g/mol. The number of aliphatic hydroxyl groups excluding tert-OH is 1. The van der Waals surface area contributed by atoms with E-state index < -0.39 is 18.3 Å². The second-order valence-electron chi connectivity index (χ2n) is 10.7. The molecule has 208 valence electrons. The molecule has 3 fully saturated rings. The van der Waals surface area contributed by atoms with Crippen molar-refractivity contribution in [2.75, 3.05) is 31.7 Å². The van der Waals surface area contributed by atoms with Crippen LogP contribution in [-0.2, 0) is 20.6 Å². The first kappa shape index (κ1) is 24.5. The summed E-state index contributed by atoms with van der Waals surface area (Å²) in [4.78, 5) is 12.1. The number of anilines is 1. The average Bonchev–Trinajstić information content (AvgIpc) is 3.71. The van der Waals surface area contributed by atoms with Gasteiger partial charge in [0.1, 0.15) is 29.9 Å². The Labute approximate surface area is 232 Å². The van der Waals surface area contributed by atoms with Crippen molar-refractivity contribution in [1.82, 2.24) is 24.7 Å². The van der Waals surface area contributed by atoms with Crippen LogP contribution in [0.4, 0.5) is 10.2 Å². The van der Waals surface area contributed by atoms with Crippen LogP contribution < -0.4 is 10.1 Å². The molecule has 6 heterocycles. The Kier molecular flexibility index (Phi) is 5.75. The standard InChI is InChI=1S/C27H26ClFN6O5/c28-16-5-19-26(34-27(32-19)40-21-11-39-23-20(36)10-38-24(21)23)33-25(16)31-18-2-1-12-3-13(4-17(29)22(12)18)14-6-30-35(7-14)15-8-37-9-15/h3-7,15,18,20-21,23-24,36H,1-2,8-11H2,(H2,31,32,33,34)/t18-,20+,21+,23+,24+/m0/s1. The molecular formula is C27H26ClFN6O5. The van der Waals surface area contributed by atoms with Gasteiger partial charge in [-0.15, -0.1) is 0 Å². The molecule has 0 amide bonds. The van der Waals surface area contributed by atoms with E-state index in [-0.39, 0.29) is 43.2 Å². The normalized spacial score (nSPS) is 27.6. The van der Waals surface area contributed by atoms with Crippen LogP contribution in [0.25, 0.3) is 22.3 Å². The number of nitrogens with zero attached hydrogens (tertiary/aromatic N) is 4. The topological polar surface area (TPSA) is 129 Å². The van der Waals surface area contributed by atoms with Crippen molar-refractivity contribution >= 4 is 28.6 Å². The predicted molar refractivity (Wildman–Crippen MR) is 141 cm³/mol. The molecule has 3 aliphatic heterocycles. The van der Waals surface area contributed by atoms with Crippen molar-refractivity contribution in [3.05, 3.63) is 52.6 Å².